The first-order valence-electron chi connectivity index (χ1n) is 13.9. The Balaban J connectivity index is 1.31. The van der Waals surface area contributed by atoms with Crippen LogP contribution in [0.15, 0.2) is 85.4 Å². The number of aromatic nitrogens is 5. The second-order valence-electron chi connectivity index (χ2n) is 10.5. The molecule has 1 saturated carbocycles. The summed E-state index contributed by atoms with van der Waals surface area (Å²) in [6, 6.07) is 10.7. The van der Waals surface area contributed by atoms with E-state index in [1.165, 1.54) is 37.8 Å². The molecule has 4 aromatic heterocycles. The molecule has 7 heteroatoms. The van der Waals surface area contributed by atoms with E-state index < -0.39 is 0 Å². The van der Waals surface area contributed by atoms with Gasteiger partial charge in [0, 0.05) is 29.1 Å². The molecule has 0 bridgehead atoms. The Morgan fingerprint density at radius 1 is 1.10 bits per heavy atom. The van der Waals surface area contributed by atoms with Gasteiger partial charge in [0.2, 0.25) is 0 Å². The molecule has 0 radical (unpaired) electrons. The van der Waals surface area contributed by atoms with Gasteiger partial charge in [-0.2, -0.15) is 5.10 Å². The van der Waals surface area contributed by atoms with Gasteiger partial charge in [0.25, 0.3) is 0 Å². The smallest absolute Gasteiger partial charge is 0.123 e. The van der Waals surface area contributed by atoms with Crippen LogP contribution < -0.4 is 5.32 Å². The molecule has 0 unspecified atom stereocenters. The first kappa shape index (κ1) is 25.9. The molecule has 40 heavy (non-hydrogen) atoms. The Morgan fingerprint density at radius 3 is 2.77 bits per heavy atom. The largest absolute Gasteiger partial charge is 0.352 e. The van der Waals surface area contributed by atoms with E-state index in [2.05, 4.69) is 56.3 Å². The number of fused-ring (bicyclic) bond motifs is 2. The summed E-state index contributed by atoms with van der Waals surface area (Å²) in [5.41, 5.74) is 8.03. The summed E-state index contributed by atoms with van der Waals surface area (Å²) in [6.07, 6.45) is 16.9. The van der Waals surface area contributed by atoms with Crippen molar-refractivity contribution in [3.05, 3.63) is 96.9 Å². The van der Waals surface area contributed by atoms with Gasteiger partial charge in [0.1, 0.15) is 11.5 Å². The molecule has 6 nitrogen and oxygen atoms in total. The minimum absolute atomic E-state index is 0.276. The molecule has 1 aliphatic carbocycles. The lowest BCUT2D eigenvalue weighted by Crippen LogP contribution is -2.23. The van der Waals surface area contributed by atoms with E-state index in [-0.39, 0.29) is 5.82 Å². The van der Waals surface area contributed by atoms with Gasteiger partial charge >= 0.3 is 0 Å². The van der Waals surface area contributed by atoms with E-state index >= 15 is 0 Å². The number of benzene rings is 1. The number of hydrogen-bond acceptors (Lipinski definition) is 4. The molecule has 202 valence electrons. The molecule has 1 aromatic carbocycles. The normalized spacial score (nSPS) is 14.9. The molecule has 1 fully saturated rings. The van der Waals surface area contributed by atoms with E-state index in [9.17, 15) is 4.39 Å². The van der Waals surface area contributed by atoms with Crippen molar-refractivity contribution in [1.29, 1.82) is 0 Å². The SMILES string of the molecule is C=C/C(=C\C(=C/C)c1cc2c(-c3cc4c(-c5cccc(F)c5)cncc4[nH]3)n[nH]c2cn1)CNCC1CCCC1. The number of hydrogen-bond donors (Lipinski definition) is 3. The van der Waals surface area contributed by atoms with Crippen LogP contribution in [-0.4, -0.2) is 38.2 Å². The van der Waals surface area contributed by atoms with Gasteiger partial charge in [-0.25, -0.2) is 4.39 Å². The van der Waals surface area contributed by atoms with Gasteiger partial charge in [0.05, 0.1) is 34.8 Å². The Labute approximate surface area is 233 Å². The zero-order valence-corrected chi connectivity index (χ0v) is 22.7. The third-order valence-electron chi connectivity index (χ3n) is 7.83. The van der Waals surface area contributed by atoms with Gasteiger partial charge in [-0.15, -0.1) is 0 Å². The van der Waals surface area contributed by atoms with E-state index in [1.807, 2.05) is 25.3 Å². The van der Waals surface area contributed by atoms with E-state index in [1.54, 1.807) is 18.5 Å². The predicted octanol–water partition coefficient (Wildman–Crippen LogP) is 7.60. The van der Waals surface area contributed by atoms with Gasteiger partial charge in [0.15, 0.2) is 0 Å². The number of nitrogens with zero attached hydrogens (tertiary/aromatic N) is 3. The van der Waals surface area contributed by atoms with E-state index in [0.717, 1.165) is 80.2 Å². The molecule has 0 spiro atoms. The summed E-state index contributed by atoms with van der Waals surface area (Å²) in [5.74, 6) is 0.517. The second-order valence-corrected chi connectivity index (χ2v) is 10.5. The quantitative estimate of drug-likeness (QED) is 0.171. The molecule has 3 N–H and O–H groups in total. The highest BCUT2D eigenvalue weighted by Crippen LogP contribution is 2.34. The monoisotopic (exact) mass is 532 g/mol. The van der Waals surface area contributed by atoms with Crippen LogP contribution in [0.25, 0.3) is 49.9 Å². The molecular formula is C33H33FN6. The highest BCUT2D eigenvalue weighted by Gasteiger charge is 2.16. The van der Waals surface area contributed by atoms with Crippen molar-refractivity contribution in [2.45, 2.75) is 32.6 Å². The van der Waals surface area contributed by atoms with E-state index in [0.29, 0.717) is 0 Å². The van der Waals surface area contributed by atoms with Crippen molar-refractivity contribution in [3.8, 4) is 22.5 Å². The zero-order chi connectivity index (χ0) is 27.5. The Bertz CT molecular complexity index is 1730. The Morgan fingerprint density at radius 2 is 1.98 bits per heavy atom. The van der Waals surface area contributed by atoms with Crippen LogP contribution in [0.1, 0.15) is 38.3 Å². The van der Waals surface area contributed by atoms with Crippen molar-refractivity contribution < 1.29 is 4.39 Å². The van der Waals surface area contributed by atoms with Gasteiger partial charge in [-0.05, 0) is 79.3 Å². The number of pyridine rings is 2. The molecule has 6 rings (SSSR count). The number of nitrogens with one attached hydrogen (secondary N) is 3. The Kier molecular flexibility index (Phi) is 7.38. The molecule has 5 aromatic rings. The highest BCUT2D eigenvalue weighted by atomic mass is 19.1. The lowest BCUT2D eigenvalue weighted by atomic mass is 10.0. The molecule has 0 saturated heterocycles. The molecule has 4 heterocycles. The first-order valence-corrected chi connectivity index (χ1v) is 13.9. The second kappa shape index (κ2) is 11.4. The van der Waals surface area contributed by atoms with Crippen LogP contribution in [0.2, 0.25) is 0 Å². The summed E-state index contributed by atoms with van der Waals surface area (Å²) in [5, 5.41) is 13.3. The minimum atomic E-state index is -0.276. The first-order chi connectivity index (χ1) is 19.6. The van der Waals surface area contributed by atoms with Crippen molar-refractivity contribution in [2.75, 3.05) is 13.1 Å². The van der Waals surface area contributed by atoms with Gasteiger partial charge in [-0.3, -0.25) is 15.1 Å². The number of allylic oxidation sites excluding steroid dienone is 3. The van der Waals surface area contributed by atoms with Gasteiger partial charge in [-0.1, -0.05) is 43.7 Å². The lowest BCUT2D eigenvalue weighted by Gasteiger charge is -2.11. The zero-order valence-electron chi connectivity index (χ0n) is 22.7. The average Bonchev–Trinajstić information content (AvgIpc) is 3.74. The fourth-order valence-electron chi connectivity index (χ4n) is 5.67. The summed E-state index contributed by atoms with van der Waals surface area (Å²) < 4.78 is 13.9. The predicted molar refractivity (Wildman–Crippen MR) is 161 cm³/mol. The van der Waals surface area contributed by atoms with Crippen LogP contribution >= 0.6 is 0 Å². The van der Waals surface area contributed by atoms with Crippen molar-refractivity contribution in [1.82, 2.24) is 30.5 Å². The summed E-state index contributed by atoms with van der Waals surface area (Å²) in [4.78, 5) is 12.6. The number of rotatable bonds is 9. The van der Waals surface area contributed by atoms with Crippen LogP contribution in [0.5, 0.6) is 0 Å². The fraction of sp³-hybridized carbons (Fsp3) is 0.242. The maximum Gasteiger partial charge on any atom is 0.123 e. The van der Waals surface area contributed by atoms with Gasteiger partial charge < -0.3 is 10.3 Å². The summed E-state index contributed by atoms with van der Waals surface area (Å²) in [6.45, 7) is 7.91. The van der Waals surface area contributed by atoms with Crippen molar-refractivity contribution in [3.63, 3.8) is 0 Å². The molecular weight excluding hydrogens is 499 g/mol. The number of H-pyrrole nitrogens is 2. The van der Waals surface area contributed by atoms with Crippen molar-refractivity contribution >= 4 is 27.4 Å². The standard InChI is InChI=1S/C33H33FN6/c1-3-21(16-35-17-22-8-5-6-9-22)12-23(4-2)29-15-27-32(20-37-29)39-40-33(27)30-14-26-28(18-36-19-31(26)38-30)24-10-7-11-25(34)13-24/h3-4,7,10-15,18-20,22,35,38H,1,5-6,8-9,16-17H2,2H3,(H,39,40)/b21-12+,23-4+. The van der Waals surface area contributed by atoms with Crippen LogP contribution in [0, 0.1) is 11.7 Å². The lowest BCUT2D eigenvalue weighted by molar-refractivity contribution is 0.503. The highest BCUT2D eigenvalue weighted by molar-refractivity contribution is 6.01. The summed E-state index contributed by atoms with van der Waals surface area (Å²) in [7, 11) is 0. The average molecular weight is 533 g/mol. The molecule has 0 amide bonds. The maximum atomic E-state index is 13.9. The van der Waals surface area contributed by atoms with Crippen molar-refractivity contribution in [2.24, 2.45) is 5.92 Å². The van der Waals surface area contributed by atoms with E-state index in [4.69, 9.17) is 4.98 Å². The Hall–Kier alpha value is -4.36. The van der Waals surface area contributed by atoms with Crippen LogP contribution in [0.3, 0.4) is 0 Å². The maximum absolute atomic E-state index is 13.9. The fourth-order valence-corrected chi connectivity index (χ4v) is 5.67. The van der Waals surface area contributed by atoms with Crippen LogP contribution in [-0.2, 0) is 0 Å². The topological polar surface area (TPSA) is 82.3 Å². The third-order valence-corrected chi connectivity index (χ3v) is 7.83. The van der Waals surface area contributed by atoms with Crippen LogP contribution in [0.4, 0.5) is 4.39 Å². The minimum Gasteiger partial charge on any atom is -0.352 e. The molecule has 1 aliphatic rings. The molecule has 0 atom stereocenters. The number of halogens is 1. The number of aromatic amines is 2. The molecule has 0 aliphatic heterocycles. The summed E-state index contributed by atoms with van der Waals surface area (Å²) >= 11 is 0. The third kappa shape index (κ3) is 5.25.